The maximum absolute atomic E-state index is 12.5. The van der Waals surface area contributed by atoms with Gasteiger partial charge in [-0.3, -0.25) is 4.79 Å². The van der Waals surface area contributed by atoms with Crippen molar-refractivity contribution in [2.24, 2.45) is 11.3 Å². The summed E-state index contributed by atoms with van der Waals surface area (Å²) in [5, 5.41) is 9.20. The molecular formula is C12H18F3NO3. The van der Waals surface area contributed by atoms with E-state index in [2.05, 4.69) is 0 Å². The Kier molecular flexibility index (Phi) is 4.17. The number of carbonyl (C=O) groups is 2. The molecule has 0 spiro atoms. The van der Waals surface area contributed by atoms with Gasteiger partial charge in [0.1, 0.15) is 6.04 Å². The summed E-state index contributed by atoms with van der Waals surface area (Å²) >= 11 is 0. The van der Waals surface area contributed by atoms with Gasteiger partial charge in [-0.2, -0.15) is 13.2 Å². The average molecular weight is 281 g/mol. The van der Waals surface area contributed by atoms with E-state index in [0.29, 0.717) is 17.7 Å². The molecule has 0 unspecified atom stereocenters. The van der Waals surface area contributed by atoms with Crippen molar-refractivity contribution in [3.8, 4) is 0 Å². The van der Waals surface area contributed by atoms with Crippen LogP contribution in [0.15, 0.2) is 0 Å². The van der Waals surface area contributed by atoms with Gasteiger partial charge in [0.2, 0.25) is 0 Å². The topological polar surface area (TPSA) is 57.6 Å². The Morgan fingerprint density at radius 3 is 2.11 bits per heavy atom. The third-order valence-corrected chi connectivity index (χ3v) is 3.50. The summed E-state index contributed by atoms with van der Waals surface area (Å²) in [5.41, 5.74) is -0.479. The van der Waals surface area contributed by atoms with Crippen LogP contribution in [0.3, 0.4) is 0 Å². The highest BCUT2D eigenvalue weighted by Gasteiger charge is 2.51. The molecule has 0 saturated carbocycles. The van der Waals surface area contributed by atoms with Crippen LogP contribution in [0.1, 0.15) is 33.6 Å². The maximum Gasteiger partial charge on any atom is 0.471 e. The van der Waals surface area contributed by atoms with E-state index >= 15 is 0 Å². The number of carboxylic acids is 1. The first kappa shape index (κ1) is 15.8. The summed E-state index contributed by atoms with van der Waals surface area (Å²) < 4.78 is 37.5. The number of alkyl halides is 3. The zero-order valence-electron chi connectivity index (χ0n) is 11.1. The average Bonchev–Trinajstić information content (AvgIpc) is 2.24. The Hall–Kier alpha value is -1.27. The van der Waals surface area contributed by atoms with E-state index in [1.165, 1.54) is 0 Å². The van der Waals surface area contributed by atoms with E-state index in [-0.39, 0.29) is 6.54 Å². The lowest BCUT2D eigenvalue weighted by Gasteiger charge is -2.44. The number of carbonyl (C=O) groups excluding carboxylic acids is 1. The van der Waals surface area contributed by atoms with E-state index in [1.807, 2.05) is 0 Å². The monoisotopic (exact) mass is 281 g/mol. The lowest BCUT2D eigenvalue weighted by molar-refractivity contribution is -0.194. The third kappa shape index (κ3) is 3.39. The van der Waals surface area contributed by atoms with Gasteiger partial charge in [-0.25, -0.2) is 4.79 Å². The normalized spacial score (nSPS) is 25.3. The number of aliphatic carboxylic acids is 1. The molecule has 1 rings (SSSR count). The van der Waals surface area contributed by atoms with Crippen molar-refractivity contribution in [1.29, 1.82) is 0 Å². The summed E-state index contributed by atoms with van der Waals surface area (Å²) in [5.74, 6) is -3.93. The molecule has 4 nitrogen and oxygen atoms in total. The summed E-state index contributed by atoms with van der Waals surface area (Å²) in [6, 6.07) is -1.41. The lowest BCUT2D eigenvalue weighted by Crippen LogP contribution is -2.58. The highest BCUT2D eigenvalue weighted by atomic mass is 19.4. The first-order chi connectivity index (χ1) is 8.46. The van der Waals surface area contributed by atoms with Gasteiger partial charge < -0.3 is 10.0 Å². The van der Waals surface area contributed by atoms with E-state index < -0.39 is 35.4 Å². The molecule has 1 heterocycles. The van der Waals surface area contributed by atoms with Gasteiger partial charge in [0.15, 0.2) is 0 Å². The van der Waals surface area contributed by atoms with Crippen LogP contribution in [0.2, 0.25) is 0 Å². The van der Waals surface area contributed by atoms with Gasteiger partial charge in [-0.15, -0.1) is 0 Å². The fourth-order valence-electron chi connectivity index (χ4n) is 2.60. The smallest absolute Gasteiger partial charge is 0.471 e. The lowest BCUT2D eigenvalue weighted by atomic mass is 9.71. The minimum atomic E-state index is -5.03. The fraction of sp³-hybridized carbons (Fsp3) is 0.833. The number of likely N-dealkylation sites (tertiary alicyclic amines) is 1. The summed E-state index contributed by atoms with van der Waals surface area (Å²) in [7, 11) is 0. The van der Waals surface area contributed by atoms with Gasteiger partial charge in [0.25, 0.3) is 0 Å². The van der Waals surface area contributed by atoms with Crippen molar-refractivity contribution in [3.05, 3.63) is 0 Å². The van der Waals surface area contributed by atoms with Gasteiger partial charge in [-0.05, 0) is 24.2 Å². The first-order valence-corrected chi connectivity index (χ1v) is 6.07. The van der Waals surface area contributed by atoms with Crippen LogP contribution < -0.4 is 0 Å². The van der Waals surface area contributed by atoms with Crippen LogP contribution in [0.5, 0.6) is 0 Å². The van der Waals surface area contributed by atoms with Gasteiger partial charge in [0.05, 0.1) is 0 Å². The predicted molar refractivity (Wildman–Crippen MR) is 61.4 cm³/mol. The fourth-order valence-corrected chi connectivity index (χ4v) is 2.60. The Morgan fingerprint density at radius 1 is 1.21 bits per heavy atom. The largest absolute Gasteiger partial charge is 0.480 e. The number of carboxylic acid groups (broad SMARTS) is 1. The Balaban J connectivity index is 3.10. The Labute approximate surface area is 109 Å². The second-order valence-corrected chi connectivity index (χ2v) is 5.89. The van der Waals surface area contributed by atoms with Crippen molar-refractivity contribution in [2.45, 2.75) is 45.8 Å². The van der Waals surface area contributed by atoms with Crippen LogP contribution in [0.4, 0.5) is 13.2 Å². The molecule has 110 valence electrons. The molecule has 0 aromatic rings. The van der Waals surface area contributed by atoms with Crippen LogP contribution in [-0.4, -0.2) is 40.6 Å². The molecular weight excluding hydrogens is 263 g/mol. The number of halogens is 3. The van der Waals surface area contributed by atoms with Crippen molar-refractivity contribution in [2.75, 3.05) is 6.54 Å². The number of hydrogen-bond acceptors (Lipinski definition) is 2. The van der Waals surface area contributed by atoms with Crippen molar-refractivity contribution in [1.82, 2.24) is 4.90 Å². The molecule has 1 fully saturated rings. The molecule has 1 N–H and O–H groups in total. The molecule has 0 radical (unpaired) electrons. The summed E-state index contributed by atoms with van der Waals surface area (Å²) in [6.07, 6.45) is -4.15. The molecule has 1 aliphatic rings. The van der Waals surface area contributed by atoms with Crippen LogP contribution in [0.25, 0.3) is 0 Å². The maximum atomic E-state index is 12.5. The number of rotatable bonds is 1. The number of piperidine rings is 1. The second kappa shape index (κ2) is 5.02. The summed E-state index contributed by atoms with van der Waals surface area (Å²) in [6.45, 7) is 5.15. The zero-order valence-corrected chi connectivity index (χ0v) is 11.1. The van der Waals surface area contributed by atoms with E-state index in [1.54, 1.807) is 20.8 Å². The molecule has 1 saturated heterocycles. The molecule has 0 aliphatic carbocycles. The van der Waals surface area contributed by atoms with Crippen molar-refractivity contribution >= 4 is 11.9 Å². The van der Waals surface area contributed by atoms with Gasteiger partial charge in [0, 0.05) is 6.54 Å². The quantitative estimate of drug-likeness (QED) is 0.802. The second-order valence-electron chi connectivity index (χ2n) is 5.89. The van der Waals surface area contributed by atoms with Gasteiger partial charge >= 0.3 is 18.1 Å². The summed E-state index contributed by atoms with van der Waals surface area (Å²) in [4.78, 5) is 23.1. The Morgan fingerprint density at radius 2 is 1.74 bits per heavy atom. The zero-order chi connectivity index (χ0) is 15.0. The molecule has 1 aliphatic heterocycles. The SMILES string of the molecule is CC(C)(C)[C@@H]1CCCN(C(=O)C(F)(F)F)[C@@H]1C(=O)O. The predicted octanol–water partition coefficient (Wildman–Crippen LogP) is 2.29. The van der Waals surface area contributed by atoms with Crippen molar-refractivity contribution in [3.63, 3.8) is 0 Å². The molecule has 1 amide bonds. The molecule has 0 aromatic heterocycles. The van der Waals surface area contributed by atoms with E-state index in [4.69, 9.17) is 0 Å². The number of amides is 1. The first-order valence-electron chi connectivity index (χ1n) is 6.07. The molecule has 0 aromatic carbocycles. The minimum absolute atomic E-state index is 0.165. The standard InChI is InChI=1S/C12H18F3NO3/c1-11(2,3)7-5-4-6-16(8(7)9(17)18)10(19)12(13,14)15/h7-8H,4-6H2,1-3H3,(H,17,18)/t7-,8+/m1/s1. The highest BCUT2D eigenvalue weighted by Crippen LogP contribution is 2.39. The van der Waals surface area contributed by atoms with Crippen LogP contribution >= 0.6 is 0 Å². The highest BCUT2D eigenvalue weighted by molar-refractivity contribution is 5.87. The van der Waals surface area contributed by atoms with Crippen LogP contribution in [0, 0.1) is 11.3 Å². The van der Waals surface area contributed by atoms with Crippen LogP contribution in [-0.2, 0) is 9.59 Å². The Bertz CT molecular complexity index is 373. The molecule has 0 bridgehead atoms. The molecule has 19 heavy (non-hydrogen) atoms. The third-order valence-electron chi connectivity index (χ3n) is 3.50. The van der Waals surface area contributed by atoms with Crippen molar-refractivity contribution < 1.29 is 27.9 Å². The van der Waals surface area contributed by atoms with E-state index in [9.17, 15) is 27.9 Å². The molecule has 7 heteroatoms. The molecule has 2 atom stereocenters. The van der Waals surface area contributed by atoms with E-state index in [0.717, 1.165) is 0 Å². The number of hydrogen-bond donors (Lipinski definition) is 1. The van der Waals surface area contributed by atoms with Gasteiger partial charge in [-0.1, -0.05) is 20.8 Å². The number of nitrogens with zero attached hydrogens (tertiary/aromatic N) is 1. The minimum Gasteiger partial charge on any atom is -0.480 e.